The quantitative estimate of drug-likeness (QED) is 0.212. The van der Waals surface area contributed by atoms with Crippen molar-refractivity contribution in [3.05, 3.63) is 106 Å². The minimum atomic E-state index is -0.761. The van der Waals surface area contributed by atoms with E-state index in [9.17, 15) is 14.4 Å². The SMILES string of the molecule is O=C(NC1CC1)c1ccc(-c2csc(NC(=O)[C@@H]3CSC(c4cccc(CN5CCOCC5)c4)N3C(=O)OCc3ccccc3)n2)cc1. The minimum absolute atomic E-state index is 0.0707. The van der Waals surface area contributed by atoms with Crippen LogP contribution in [0.1, 0.15) is 45.3 Å². The molecular weight excluding hydrogens is 647 g/mol. The maximum absolute atomic E-state index is 13.8. The van der Waals surface area contributed by atoms with Crippen LogP contribution in [0.3, 0.4) is 0 Å². The molecule has 1 saturated carbocycles. The maximum Gasteiger partial charge on any atom is 0.412 e. The number of morpholine rings is 1. The highest BCUT2D eigenvalue weighted by atomic mass is 32.2. The summed E-state index contributed by atoms with van der Waals surface area (Å²) in [6.07, 6.45) is 1.53. The van der Waals surface area contributed by atoms with Gasteiger partial charge in [-0.3, -0.25) is 19.4 Å². The predicted molar refractivity (Wildman–Crippen MR) is 187 cm³/mol. The zero-order valence-corrected chi connectivity index (χ0v) is 28.0. The van der Waals surface area contributed by atoms with E-state index < -0.39 is 17.5 Å². The molecule has 4 aromatic rings. The van der Waals surface area contributed by atoms with Crippen LogP contribution in [0.15, 0.2) is 84.2 Å². The van der Waals surface area contributed by atoms with Gasteiger partial charge in [0.1, 0.15) is 18.0 Å². The molecule has 48 heavy (non-hydrogen) atoms. The van der Waals surface area contributed by atoms with Gasteiger partial charge in [0, 0.05) is 47.9 Å². The molecule has 3 aliphatic rings. The van der Waals surface area contributed by atoms with E-state index in [0.29, 0.717) is 28.2 Å². The third-order valence-electron chi connectivity index (χ3n) is 8.55. The third-order valence-corrected chi connectivity index (χ3v) is 10.6. The van der Waals surface area contributed by atoms with E-state index >= 15 is 0 Å². The molecule has 1 unspecified atom stereocenters. The molecule has 3 amide bonds. The first-order chi connectivity index (χ1) is 23.5. The Bertz CT molecular complexity index is 1740. The Kier molecular flexibility index (Phi) is 10.0. The van der Waals surface area contributed by atoms with Crippen molar-refractivity contribution in [1.29, 1.82) is 0 Å². The number of anilines is 1. The number of thioether (sulfide) groups is 1. The van der Waals surface area contributed by atoms with Crippen LogP contribution >= 0.6 is 23.1 Å². The Morgan fingerprint density at radius 1 is 0.938 bits per heavy atom. The highest BCUT2D eigenvalue weighted by Gasteiger charge is 2.43. The molecule has 2 saturated heterocycles. The number of benzene rings is 3. The summed E-state index contributed by atoms with van der Waals surface area (Å²) in [5, 5.41) is 7.86. The monoisotopic (exact) mass is 683 g/mol. The molecule has 12 heteroatoms. The van der Waals surface area contributed by atoms with E-state index in [1.54, 1.807) is 28.8 Å². The Morgan fingerprint density at radius 3 is 2.48 bits per heavy atom. The molecule has 0 radical (unpaired) electrons. The van der Waals surface area contributed by atoms with Gasteiger partial charge in [-0.05, 0) is 41.7 Å². The molecule has 248 valence electrons. The average molecular weight is 684 g/mol. The normalized spacial score (nSPS) is 19.5. The minimum Gasteiger partial charge on any atom is -0.444 e. The second-order valence-corrected chi connectivity index (χ2v) is 14.1. The van der Waals surface area contributed by atoms with Crippen LogP contribution in [0.5, 0.6) is 0 Å². The van der Waals surface area contributed by atoms with Crippen molar-refractivity contribution >= 4 is 46.1 Å². The number of nitrogens with zero attached hydrogens (tertiary/aromatic N) is 3. The van der Waals surface area contributed by atoms with Crippen molar-refractivity contribution in [2.24, 2.45) is 0 Å². The molecule has 10 nitrogen and oxygen atoms in total. The summed E-state index contributed by atoms with van der Waals surface area (Å²) in [5.41, 5.74) is 5.10. The number of carbonyl (C=O) groups excluding carboxylic acids is 3. The Labute approximate surface area is 287 Å². The first-order valence-electron chi connectivity index (χ1n) is 16.2. The largest absolute Gasteiger partial charge is 0.444 e. The predicted octanol–water partition coefficient (Wildman–Crippen LogP) is 5.93. The van der Waals surface area contributed by atoms with Crippen molar-refractivity contribution in [3.8, 4) is 11.3 Å². The lowest BCUT2D eigenvalue weighted by molar-refractivity contribution is -0.120. The number of aromatic nitrogens is 1. The number of rotatable bonds is 10. The second kappa shape index (κ2) is 14.9. The topological polar surface area (TPSA) is 113 Å². The maximum atomic E-state index is 13.8. The van der Waals surface area contributed by atoms with Gasteiger partial charge in [0.05, 0.1) is 18.9 Å². The van der Waals surface area contributed by atoms with E-state index in [1.165, 1.54) is 11.3 Å². The summed E-state index contributed by atoms with van der Waals surface area (Å²) in [6, 6.07) is 24.6. The molecule has 2 aliphatic heterocycles. The highest BCUT2D eigenvalue weighted by Crippen LogP contribution is 2.42. The summed E-state index contributed by atoms with van der Waals surface area (Å²) >= 11 is 2.86. The Hall–Kier alpha value is -4.23. The Balaban J connectivity index is 1.06. The molecule has 1 aliphatic carbocycles. The van der Waals surface area contributed by atoms with Gasteiger partial charge in [-0.25, -0.2) is 9.78 Å². The van der Waals surface area contributed by atoms with E-state index in [4.69, 9.17) is 9.47 Å². The number of nitrogens with one attached hydrogen (secondary N) is 2. The van der Waals surface area contributed by atoms with Crippen molar-refractivity contribution < 1.29 is 23.9 Å². The summed E-state index contributed by atoms with van der Waals surface area (Å²) < 4.78 is 11.3. The van der Waals surface area contributed by atoms with Crippen molar-refractivity contribution in [2.45, 2.75) is 43.5 Å². The number of hydrogen-bond acceptors (Lipinski definition) is 9. The first-order valence-corrected chi connectivity index (χ1v) is 18.1. The van der Waals surface area contributed by atoms with Gasteiger partial charge < -0.3 is 20.1 Å². The summed E-state index contributed by atoms with van der Waals surface area (Å²) in [4.78, 5) is 48.5. The summed E-state index contributed by atoms with van der Waals surface area (Å²) in [5.74, 6) is 0.0191. The van der Waals surface area contributed by atoms with Gasteiger partial charge in [-0.1, -0.05) is 66.7 Å². The zero-order chi connectivity index (χ0) is 32.9. The third kappa shape index (κ3) is 7.90. The fourth-order valence-electron chi connectivity index (χ4n) is 5.79. The second-order valence-electron chi connectivity index (χ2n) is 12.1. The first kappa shape index (κ1) is 32.3. The molecule has 7 rings (SSSR count). The molecule has 0 bridgehead atoms. The van der Waals surface area contributed by atoms with Crippen LogP contribution in [0.4, 0.5) is 9.93 Å². The van der Waals surface area contributed by atoms with Gasteiger partial charge in [0.2, 0.25) is 5.91 Å². The fourth-order valence-corrected chi connectivity index (χ4v) is 7.92. The van der Waals surface area contributed by atoms with E-state index in [-0.39, 0.29) is 18.4 Å². The fraction of sp³-hybridized carbons (Fsp3) is 0.333. The number of carbonyl (C=O) groups is 3. The number of thiazole rings is 1. The zero-order valence-electron chi connectivity index (χ0n) is 26.4. The average Bonchev–Trinajstić information content (AvgIpc) is 3.62. The highest BCUT2D eigenvalue weighted by molar-refractivity contribution is 7.99. The molecule has 3 fully saturated rings. The van der Waals surface area contributed by atoms with Gasteiger partial charge in [0.15, 0.2) is 5.13 Å². The molecule has 3 aromatic carbocycles. The van der Waals surface area contributed by atoms with Crippen LogP contribution in [-0.2, 0) is 27.4 Å². The van der Waals surface area contributed by atoms with E-state index in [1.807, 2.05) is 60.0 Å². The van der Waals surface area contributed by atoms with Crippen molar-refractivity contribution in [3.63, 3.8) is 0 Å². The van der Waals surface area contributed by atoms with Gasteiger partial charge in [0.25, 0.3) is 5.91 Å². The molecular formula is C36H37N5O5S2. The summed E-state index contributed by atoms with van der Waals surface area (Å²) in [7, 11) is 0. The van der Waals surface area contributed by atoms with Gasteiger partial charge in [-0.2, -0.15) is 0 Å². The van der Waals surface area contributed by atoms with Gasteiger partial charge in [-0.15, -0.1) is 23.1 Å². The number of amides is 3. The lowest BCUT2D eigenvalue weighted by Crippen LogP contribution is -2.45. The number of ether oxygens (including phenoxy) is 2. The standard InChI is InChI=1S/C36H37N5O5S2/c42-32(37-29-13-14-29)27-11-9-26(10-12-27)30-22-48-35(38-30)39-33(43)31-23-47-34(41(31)36(44)46-21-24-5-2-1-3-6-24)28-8-4-7-25(19-28)20-40-15-17-45-18-16-40/h1-12,19,22,29,31,34H,13-18,20-21,23H2,(H,37,42)(H,38,39,43)/t31-,34?/m0/s1. The molecule has 2 atom stereocenters. The van der Waals surface area contributed by atoms with E-state index in [2.05, 4.69) is 32.7 Å². The van der Waals surface area contributed by atoms with Crippen LogP contribution in [0.25, 0.3) is 11.3 Å². The smallest absolute Gasteiger partial charge is 0.412 e. The van der Waals surface area contributed by atoms with Crippen LogP contribution in [0.2, 0.25) is 0 Å². The van der Waals surface area contributed by atoms with Crippen LogP contribution in [-0.4, -0.2) is 76.8 Å². The van der Waals surface area contributed by atoms with Crippen LogP contribution in [0, 0.1) is 0 Å². The summed E-state index contributed by atoms with van der Waals surface area (Å²) in [6.45, 7) is 4.10. The molecule has 3 heterocycles. The lowest BCUT2D eigenvalue weighted by Gasteiger charge is -2.29. The Morgan fingerprint density at radius 2 is 1.71 bits per heavy atom. The van der Waals surface area contributed by atoms with Gasteiger partial charge >= 0.3 is 6.09 Å². The van der Waals surface area contributed by atoms with Crippen molar-refractivity contribution in [1.82, 2.24) is 20.1 Å². The van der Waals surface area contributed by atoms with Crippen LogP contribution < -0.4 is 10.6 Å². The van der Waals surface area contributed by atoms with Crippen molar-refractivity contribution in [2.75, 3.05) is 37.4 Å². The molecule has 0 spiro atoms. The number of hydrogen-bond donors (Lipinski definition) is 2. The molecule has 1 aromatic heterocycles. The molecule has 2 N–H and O–H groups in total. The lowest BCUT2D eigenvalue weighted by atomic mass is 10.1. The van der Waals surface area contributed by atoms with E-state index in [0.717, 1.165) is 67.9 Å².